The lowest BCUT2D eigenvalue weighted by atomic mass is 10.1. The van der Waals surface area contributed by atoms with Crippen LogP contribution < -0.4 is 0 Å². The monoisotopic (exact) mass is 416 g/mol. The highest BCUT2D eigenvalue weighted by atomic mass is 32.2. The molecule has 0 atom stereocenters. The quantitative estimate of drug-likeness (QED) is 0.723. The largest absolute Gasteiger partial charge is 0.416 e. The summed E-state index contributed by atoms with van der Waals surface area (Å²) in [6.45, 7) is -0.186. The minimum atomic E-state index is -4.66. The zero-order chi connectivity index (χ0) is 20.5. The highest BCUT2D eigenvalue weighted by Gasteiger charge is 2.34. The first-order valence-electron chi connectivity index (χ1n) is 8.32. The number of carbonyl (C=O) groups excluding carboxylic acids is 1. The van der Waals surface area contributed by atoms with Gasteiger partial charge in [0.15, 0.2) is 0 Å². The molecule has 3 rings (SSSR count). The Balaban J connectivity index is 1.74. The second kappa shape index (κ2) is 7.51. The second-order valence-corrected chi connectivity index (χ2v) is 8.14. The number of carbonyl (C=O) groups is 1. The standard InChI is InChI=1S/C18H16F4N2O3S/c19-16-7-2-1-6-15(16)17(25)23-8-10-24(11-9-23)28(26,27)14-5-3-4-13(12-14)18(20,21)22/h1-7,12H,8-11H2. The van der Waals surface area contributed by atoms with Crippen LogP contribution in [0.2, 0.25) is 0 Å². The highest BCUT2D eigenvalue weighted by molar-refractivity contribution is 7.89. The average Bonchev–Trinajstić information content (AvgIpc) is 2.67. The predicted molar refractivity (Wildman–Crippen MR) is 92.5 cm³/mol. The number of nitrogens with zero attached hydrogens (tertiary/aromatic N) is 2. The van der Waals surface area contributed by atoms with Gasteiger partial charge >= 0.3 is 6.18 Å². The van der Waals surface area contributed by atoms with Crippen LogP contribution in [0.25, 0.3) is 0 Å². The van der Waals surface area contributed by atoms with E-state index in [1.807, 2.05) is 0 Å². The van der Waals surface area contributed by atoms with Crippen LogP contribution in [0, 0.1) is 5.82 Å². The number of hydrogen-bond acceptors (Lipinski definition) is 3. The Morgan fingerprint density at radius 3 is 2.18 bits per heavy atom. The third-order valence-electron chi connectivity index (χ3n) is 4.43. The summed E-state index contributed by atoms with van der Waals surface area (Å²) >= 11 is 0. The molecule has 0 aliphatic carbocycles. The van der Waals surface area contributed by atoms with Gasteiger partial charge in [-0.2, -0.15) is 17.5 Å². The maximum Gasteiger partial charge on any atom is 0.416 e. The Morgan fingerprint density at radius 1 is 0.929 bits per heavy atom. The van der Waals surface area contributed by atoms with Gasteiger partial charge in [0, 0.05) is 26.2 Å². The lowest BCUT2D eigenvalue weighted by Gasteiger charge is -2.34. The van der Waals surface area contributed by atoms with Crippen LogP contribution in [0.3, 0.4) is 0 Å². The highest BCUT2D eigenvalue weighted by Crippen LogP contribution is 2.31. The zero-order valence-corrected chi connectivity index (χ0v) is 15.3. The van der Waals surface area contributed by atoms with E-state index in [1.165, 1.54) is 23.1 Å². The Labute approximate surface area is 159 Å². The van der Waals surface area contributed by atoms with Crippen molar-refractivity contribution in [2.75, 3.05) is 26.2 Å². The first-order chi connectivity index (χ1) is 13.1. The van der Waals surface area contributed by atoms with Gasteiger partial charge in [-0.15, -0.1) is 0 Å². The maximum atomic E-state index is 13.8. The summed E-state index contributed by atoms with van der Waals surface area (Å²) in [5, 5.41) is 0. The summed E-state index contributed by atoms with van der Waals surface area (Å²) in [5.74, 6) is -1.24. The summed E-state index contributed by atoms with van der Waals surface area (Å²) < 4.78 is 78.7. The van der Waals surface area contributed by atoms with Crippen LogP contribution in [-0.4, -0.2) is 49.7 Å². The molecular formula is C18H16F4N2O3S. The SMILES string of the molecule is O=C(c1ccccc1F)N1CCN(S(=O)(=O)c2cccc(C(F)(F)F)c2)CC1. The molecule has 2 aromatic rings. The van der Waals surface area contributed by atoms with Crippen molar-refractivity contribution in [2.45, 2.75) is 11.1 Å². The van der Waals surface area contributed by atoms with Crippen molar-refractivity contribution in [3.63, 3.8) is 0 Å². The Hall–Kier alpha value is -2.46. The van der Waals surface area contributed by atoms with Gasteiger partial charge in [-0.3, -0.25) is 4.79 Å². The maximum absolute atomic E-state index is 13.8. The van der Waals surface area contributed by atoms with Crippen LogP contribution in [0.5, 0.6) is 0 Å². The van der Waals surface area contributed by atoms with Gasteiger partial charge in [0.25, 0.3) is 5.91 Å². The molecule has 2 aromatic carbocycles. The van der Waals surface area contributed by atoms with Crippen molar-refractivity contribution in [2.24, 2.45) is 0 Å². The predicted octanol–water partition coefficient (Wildman–Crippen LogP) is 2.99. The van der Waals surface area contributed by atoms with E-state index in [4.69, 9.17) is 0 Å². The van der Waals surface area contributed by atoms with E-state index in [0.717, 1.165) is 28.6 Å². The molecule has 0 N–H and O–H groups in total. The molecule has 0 bridgehead atoms. The van der Waals surface area contributed by atoms with Crippen LogP contribution in [-0.2, 0) is 16.2 Å². The van der Waals surface area contributed by atoms with E-state index in [2.05, 4.69) is 0 Å². The zero-order valence-electron chi connectivity index (χ0n) is 14.5. The Kier molecular flexibility index (Phi) is 5.44. The van der Waals surface area contributed by atoms with E-state index >= 15 is 0 Å². The fraction of sp³-hybridized carbons (Fsp3) is 0.278. The van der Waals surface area contributed by atoms with Crippen LogP contribution in [0.1, 0.15) is 15.9 Å². The molecule has 0 radical (unpaired) electrons. The molecule has 1 aliphatic rings. The van der Waals surface area contributed by atoms with Crippen LogP contribution >= 0.6 is 0 Å². The van der Waals surface area contributed by atoms with Crippen molar-refractivity contribution >= 4 is 15.9 Å². The van der Waals surface area contributed by atoms with Gasteiger partial charge in [0.1, 0.15) is 5.82 Å². The minimum Gasteiger partial charge on any atom is -0.336 e. The number of rotatable bonds is 3. The molecule has 0 aromatic heterocycles. The summed E-state index contributed by atoms with van der Waals surface area (Å²) in [6.07, 6.45) is -4.66. The molecular weight excluding hydrogens is 400 g/mol. The second-order valence-electron chi connectivity index (χ2n) is 6.20. The van der Waals surface area contributed by atoms with E-state index in [0.29, 0.717) is 6.07 Å². The topological polar surface area (TPSA) is 57.7 Å². The van der Waals surface area contributed by atoms with Crippen LogP contribution in [0.4, 0.5) is 17.6 Å². The Morgan fingerprint density at radius 2 is 1.57 bits per heavy atom. The summed E-state index contributed by atoms with van der Waals surface area (Å²) in [4.78, 5) is 13.2. The van der Waals surface area contributed by atoms with Gasteiger partial charge in [-0.05, 0) is 30.3 Å². The summed E-state index contributed by atoms with van der Waals surface area (Å²) in [5.41, 5.74) is -1.17. The van der Waals surface area contributed by atoms with E-state index in [-0.39, 0.29) is 31.7 Å². The Bertz CT molecular complexity index is 984. The fourth-order valence-electron chi connectivity index (χ4n) is 2.92. The first-order valence-corrected chi connectivity index (χ1v) is 9.76. The van der Waals surface area contributed by atoms with Gasteiger partial charge in [0.05, 0.1) is 16.0 Å². The third-order valence-corrected chi connectivity index (χ3v) is 6.32. The van der Waals surface area contributed by atoms with Crippen molar-refractivity contribution in [1.29, 1.82) is 0 Å². The third kappa shape index (κ3) is 4.02. The lowest BCUT2D eigenvalue weighted by molar-refractivity contribution is -0.137. The first kappa shape index (κ1) is 20.3. The van der Waals surface area contributed by atoms with E-state index < -0.39 is 38.4 Å². The average molecular weight is 416 g/mol. The molecule has 5 nitrogen and oxygen atoms in total. The van der Waals surface area contributed by atoms with Gasteiger partial charge < -0.3 is 4.90 Å². The fourth-order valence-corrected chi connectivity index (χ4v) is 4.39. The molecule has 0 spiro atoms. The minimum absolute atomic E-state index is 0.00532. The van der Waals surface area contributed by atoms with Crippen molar-refractivity contribution in [1.82, 2.24) is 9.21 Å². The van der Waals surface area contributed by atoms with Gasteiger partial charge in [0.2, 0.25) is 10.0 Å². The number of alkyl halides is 3. The molecule has 0 unspecified atom stereocenters. The van der Waals surface area contributed by atoms with E-state index in [1.54, 1.807) is 0 Å². The summed E-state index contributed by atoms with van der Waals surface area (Å²) in [6, 6.07) is 8.98. The number of sulfonamides is 1. The molecule has 150 valence electrons. The number of halogens is 4. The molecule has 28 heavy (non-hydrogen) atoms. The molecule has 10 heteroatoms. The van der Waals surface area contributed by atoms with Gasteiger partial charge in [-0.1, -0.05) is 18.2 Å². The molecule has 1 amide bonds. The number of benzene rings is 2. The molecule has 0 saturated carbocycles. The van der Waals surface area contributed by atoms with Crippen molar-refractivity contribution in [3.05, 3.63) is 65.5 Å². The van der Waals surface area contributed by atoms with Crippen molar-refractivity contribution < 1.29 is 30.8 Å². The molecule has 1 fully saturated rings. The lowest BCUT2D eigenvalue weighted by Crippen LogP contribution is -2.50. The van der Waals surface area contributed by atoms with E-state index in [9.17, 15) is 30.8 Å². The molecule has 1 aliphatic heterocycles. The summed E-state index contributed by atoms with van der Waals surface area (Å²) in [7, 11) is -4.15. The smallest absolute Gasteiger partial charge is 0.336 e. The number of amides is 1. The van der Waals surface area contributed by atoms with Crippen LogP contribution in [0.15, 0.2) is 53.4 Å². The van der Waals surface area contributed by atoms with Gasteiger partial charge in [-0.25, -0.2) is 12.8 Å². The molecule has 1 saturated heterocycles. The van der Waals surface area contributed by atoms with Crippen molar-refractivity contribution in [3.8, 4) is 0 Å². The number of hydrogen-bond donors (Lipinski definition) is 0. The normalized spacial score (nSPS) is 16.2. The molecule has 1 heterocycles. The number of piperazine rings is 1.